The maximum atomic E-state index is 13.1. The number of para-hydroxylation sites is 1. The molecule has 1 fully saturated rings. The number of benzene rings is 3. The molecule has 10 heteroatoms. The van der Waals surface area contributed by atoms with Gasteiger partial charge in [0.25, 0.3) is 5.91 Å². The van der Waals surface area contributed by atoms with Crippen molar-refractivity contribution in [2.45, 2.75) is 5.16 Å². The predicted octanol–water partition coefficient (Wildman–Crippen LogP) is 3.52. The van der Waals surface area contributed by atoms with E-state index in [1.807, 2.05) is 59.3 Å². The van der Waals surface area contributed by atoms with Crippen LogP contribution in [0, 0.1) is 5.82 Å². The fourth-order valence-corrected chi connectivity index (χ4v) is 4.89. The van der Waals surface area contributed by atoms with Crippen LogP contribution >= 0.6 is 11.8 Å². The number of hydrogen-bond donors (Lipinski definition) is 2. The molecular weight excluding hydrogens is 491 g/mol. The molecule has 0 saturated carbocycles. The molecule has 1 aliphatic rings. The van der Waals surface area contributed by atoms with Crippen LogP contribution in [0.15, 0.2) is 90.3 Å². The van der Waals surface area contributed by atoms with Gasteiger partial charge in [0.05, 0.1) is 5.75 Å². The number of hydrogen-bond acceptors (Lipinski definition) is 5. The monoisotopic (exact) mass is 517 g/mol. The Labute approximate surface area is 218 Å². The molecule has 0 unspecified atom stereocenters. The molecular formula is C27H26FN6O2S+. The molecule has 1 aliphatic heterocycles. The van der Waals surface area contributed by atoms with E-state index in [-0.39, 0.29) is 23.4 Å². The highest BCUT2D eigenvalue weighted by Gasteiger charge is 2.23. The van der Waals surface area contributed by atoms with Crippen molar-refractivity contribution >= 4 is 35.0 Å². The van der Waals surface area contributed by atoms with E-state index in [4.69, 9.17) is 0 Å². The van der Waals surface area contributed by atoms with Crippen LogP contribution in [0.3, 0.4) is 0 Å². The Morgan fingerprint density at radius 3 is 2.35 bits per heavy atom. The van der Waals surface area contributed by atoms with Crippen LogP contribution in [0.25, 0.3) is 5.69 Å². The second kappa shape index (κ2) is 11.3. The van der Waals surface area contributed by atoms with E-state index >= 15 is 0 Å². The number of rotatable bonds is 7. The van der Waals surface area contributed by atoms with E-state index in [9.17, 15) is 14.0 Å². The van der Waals surface area contributed by atoms with Crippen LogP contribution in [-0.4, -0.2) is 58.7 Å². The zero-order valence-electron chi connectivity index (χ0n) is 20.0. The summed E-state index contributed by atoms with van der Waals surface area (Å²) < 4.78 is 15.0. The smallest absolute Gasteiger partial charge is 0.368 e. The van der Waals surface area contributed by atoms with Gasteiger partial charge in [-0.05, 0) is 77.4 Å². The van der Waals surface area contributed by atoms with Gasteiger partial charge >= 0.3 is 5.16 Å². The molecule has 1 aromatic heterocycles. The van der Waals surface area contributed by atoms with E-state index in [0.29, 0.717) is 36.9 Å². The van der Waals surface area contributed by atoms with Gasteiger partial charge in [0.2, 0.25) is 12.2 Å². The van der Waals surface area contributed by atoms with Crippen molar-refractivity contribution in [2.24, 2.45) is 0 Å². The highest BCUT2D eigenvalue weighted by Crippen LogP contribution is 2.21. The van der Waals surface area contributed by atoms with E-state index in [1.54, 1.807) is 11.2 Å². The van der Waals surface area contributed by atoms with Crippen molar-refractivity contribution in [3.8, 4) is 5.69 Å². The van der Waals surface area contributed by atoms with Gasteiger partial charge < -0.3 is 15.1 Å². The molecule has 3 aromatic carbocycles. The van der Waals surface area contributed by atoms with Crippen LogP contribution in [0.2, 0.25) is 0 Å². The summed E-state index contributed by atoms with van der Waals surface area (Å²) in [5, 5.41) is 6.70. The summed E-state index contributed by atoms with van der Waals surface area (Å²) in [7, 11) is 0. The van der Waals surface area contributed by atoms with Crippen molar-refractivity contribution in [3.05, 3.63) is 96.6 Å². The molecule has 2 heterocycles. The Morgan fingerprint density at radius 2 is 1.65 bits per heavy atom. The zero-order chi connectivity index (χ0) is 25.6. The molecule has 0 aliphatic carbocycles. The van der Waals surface area contributed by atoms with Crippen LogP contribution in [0.1, 0.15) is 10.4 Å². The lowest BCUT2D eigenvalue weighted by atomic mass is 10.1. The first-order valence-electron chi connectivity index (χ1n) is 11.9. The number of carbonyl (C=O) groups is 2. The fourth-order valence-electron chi connectivity index (χ4n) is 4.14. The van der Waals surface area contributed by atoms with Gasteiger partial charge in [-0.3, -0.25) is 9.59 Å². The van der Waals surface area contributed by atoms with Crippen molar-refractivity contribution in [1.82, 2.24) is 15.0 Å². The molecule has 5 rings (SSSR count). The summed E-state index contributed by atoms with van der Waals surface area (Å²) in [6, 6.07) is 23.1. The Morgan fingerprint density at radius 1 is 0.946 bits per heavy atom. The van der Waals surface area contributed by atoms with Crippen molar-refractivity contribution < 1.29 is 18.7 Å². The minimum absolute atomic E-state index is 0.0836. The number of H-pyrrole nitrogens is 1. The average Bonchev–Trinajstić information content (AvgIpc) is 3.42. The standard InChI is InChI=1S/C27H25FN6O2S/c28-21-8-6-20(7-9-21)26(36)33-16-14-32(15-17-33)23-12-10-22(11-13-23)31-25(35)18-37-27-29-19-30-34(27)24-4-2-1-3-5-24/h1-13,19H,14-18H2,(H,31,35)/p+1. The third kappa shape index (κ3) is 5.97. The molecule has 188 valence electrons. The van der Waals surface area contributed by atoms with E-state index in [2.05, 4.69) is 20.3 Å². The van der Waals surface area contributed by atoms with Gasteiger partial charge in [0, 0.05) is 43.1 Å². The average molecular weight is 518 g/mol. The Kier molecular flexibility index (Phi) is 7.46. The SMILES string of the molecule is O=C(CSc1nc[nH][n+]1-c1ccccc1)Nc1ccc(N2CCN(C(=O)c3ccc(F)cc3)CC2)cc1. The molecule has 8 nitrogen and oxygen atoms in total. The molecule has 2 N–H and O–H groups in total. The van der Waals surface area contributed by atoms with Gasteiger partial charge in [0.1, 0.15) is 5.82 Å². The minimum atomic E-state index is -0.353. The summed E-state index contributed by atoms with van der Waals surface area (Å²) in [5.41, 5.74) is 3.19. The Bertz CT molecular complexity index is 1350. The molecule has 0 spiro atoms. The first-order chi connectivity index (χ1) is 18.1. The van der Waals surface area contributed by atoms with Crippen LogP contribution < -0.4 is 14.9 Å². The Hall–Kier alpha value is -4.18. The summed E-state index contributed by atoms with van der Waals surface area (Å²) in [6.07, 6.45) is 1.60. The van der Waals surface area contributed by atoms with Crippen LogP contribution in [0.5, 0.6) is 0 Å². The number of aromatic amines is 1. The van der Waals surface area contributed by atoms with Crippen LogP contribution in [0.4, 0.5) is 15.8 Å². The molecule has 0 atom stereocenters. The van der Waals surface area contributed by atoms with Crippen LogP contribution in [-0.2, 0) is 4.79 Å². The minimum Gasteiger partial charge on any atom is -0.368 e. The normalized spacial score (nSPS) is 13.4. The van der Waals surface area contributed by atoms with Crippen molar-refractivity contribution in [1.29, 1.82) is 0 Å². The second-order valence-electron chi connectivity index (χ2n) is 8.51. The first-order valence-corrected chi connectivity index (χ1v) is 12.9. The lowest BCUT2D eigenvalue weighted by Gasteiger charge is -2.36. The fraction of sp³-hybridized carbons (Fsp3) is 0.185. The topological polar surface area (TPSA) is 85.2 Å². The highest BCUT2D eigenvalue weighted by atomic mass is 32.2. The number of piperazine rings is 1. The number of amides is 2. The van der Waals surface area contributed by atoms with E-state index < -0.39 is 0 Å². The summed E-state index contributed by atoms with van der Waals surface area (Å²) in [4.78, 5) is 33.5. The van der Waals surface area contributed by atoms with Gasteiger partial charge in [-0.25, -0.2) is 4.39 Å². The third-order valence-corrected chi connectivity index (χ3v) is 7.03. The van der Waals surface area contributed by atoms with Gasteiger partial charge in [-0.2, -0.15) is 5.10 Å². The maximum absolute atomic E-state index is 13.1. The number of nitrogens with zero attached hydrogens (tertiary/aromatic N) is 4. The molecule has 1 saturated heterocycles. The van der Waals surface area contributed by atoms with E-state index in [0.717, 1.165) is 17.1 Å². The number of halogens is 1. The molecule has 2 amide bonds. The lowest BCUT2D eigenvalue weighted by molar-refractivity contribution is -0.694. The summed E-state index contributed by atoms with van der Waals surface area (Å²) in [5.74, 6) is -0.328. The number of thioether (sulfide) groups is 1. The van der Waals surface area contributed by atoms with E-state index in [1.165, 1.54) is 36.0 Å². The highest BCUT2D eigenvalue weighted by molar-refractivity contribution is 7.99. The third-order valence-electron chi connectivity index (χ3n) is 6.07. The largest absolute Gasteiger partial charge is 0.385 e. The second-order valence-corrected chi connectivity index (χ2v) is 9.45. The predicted molar refractivity (Wildman–Crippen MR) is 140 cm³/mol. The molecule has 37 heavy (non-hydrogen) atoms. The maximum Gasteiger partial charge on any atom is 0.385 e. The van der Waals surface area contributed by atoms with Crippen molar-refractivity contribution in [3.63, 3.8) is 0 Å². The lowest BCUT2D eigenvalue weighted by Crippen LogP contribution is -2.48. The number of nitrogens with one attached hydrogen (secondary N) is 2. The summed E-state index contributed by atoms with van der Waals surface area (Å²) in [6.45, 7) is 2.56. The van der Waals surface area contributed by atoms with Gasteiger partial charge in [0.15, 0.2) is 5.69 Å². The quantitative estimate of drug-likeness (QED) is 0.290. The first kappa shape index (κ1) is 24.5. The number of anilines is 2. The molecule has 4 aromatic rings. The summed E-state index contributed by atoms with van der Waals surface area (Å²) >= 11 is 1.35. The van der Waals surface area contributed by atoms with Gasteiger partial charge in [-0.15, -0.1) is 4.68 Å². The molecule has 0 radical (unpaired) electrons. The van der Waals surface area contributed by atoms with Gasteiger partial charge in [-0.1, -0.05) is 18.2 Å². The number of aromatic nitrogens is 3. The number of carbonyl (C=O) groups excluding carboxylic acids is 2. The van der Waals surface area contributed by atoms with Crippen molar-refractivity contribution in [2.75, 3.05) is 42.1 Å². The Balaban J connectivity index is 1.11. The molecule has 0 bridgehead atoms. The zero-order valence-corrected chi connectivity index (χ0v) is 20.8.